The molecular formula is C62H70N3+. The van der Waals surface area contributed by atoms with Crippen LogP contribution in [0.3, 0.4) is 0 Å². The number of hydrogen-bond acceptors (Lipinski definition) is 3. The Labute approximate surface area is 390 Å². The van der Waals surface area contributed by atoms with Gasteiger partial charge in [-0.2, -0.15) is 0 Å². The maximum absolute atomic E-state index is 3.89. The molecule has 0 aliphatic heterocycles. The molecule has 3 heteroatoms. The lowest BCUT2D eigenvalue weighted by atomic mass is 9.82. The lowest BCUT2D eigenvalue weighted by molar-refractivity contribution is 0.435. The van der Waals surface area contributed by atoms with E-state index in [0.717, 1.165) is 5.69 Å². The maximum atomic E-state index is 3.89. The molecule has 0 aromatic heterocycles. The Morgan fingerprint density at radius 1 is 0.415 bits per heavy atom. The van der Waals surface area contributed by atoms with Crippen molar-refractivity contribution < 1.29 is 0 Å². The van der Waals surface area contributed by atoms with Gasteiger partial charge >= 0.3 is 0 Å². The van der Waals surface area contributed by atoms with Gasteiger partial charge in [-0.1, -0.05) is 104 Å². The van der Waals surface area contributed by atoms with E-state index >= 15 is 0 Å². The highest BCUT2D eigenvalue weighted by Crippen LogP contribution is 2.44. The summed E-state index contributed by atoms with van der Waals surface area (Å²) >= 11 is 0. The van der Waals surface area contributed by atoms with Crippen LogP contribution in [0.15, 0.2) is 121 Å². The van der Waals surface area contributed by atoms with E-state index in [4.69, 9.17) is 0 Å². The van der Waals surface area contributed by atoms with Crippen molar-refractivity contribution in [1.82, 2.24) is 0 Å². The second kappa shape index (κ2) is 18.9. The summed E-state index contributed by atoms with van der Waals surface area (Å²) in [6, 6.07) is 47.9. The zero-order chi connectivity index (χ0) is 45.4. The summed E-state index contributed by atoms with van der Waals surface area (Å²) < 4.78 is 0. The second-order valence-corrected chi connectivity index (χ2v) is 19.9. The van der Waals surface area contributed by atoms with Gasteiger partial charge in [-0.3, -0.25) is 0 Å². The van der Waals surface area contributed by atoms with E-state index in [1.165, 1.54) is 176 Å². The minimum atomic E-state index is 0.489. The SMILES string of the molecule is Cc1cc(C)c(Nc2ccc([C+](c3ccc(N(c4c(C)cc(C)cc4C)C4CCCCC4)cc3)c3ccc(N(c4c(C)cc(C)cc4C)C4CCCCC4)cc3)c3ccccc23)c(C)c1. The number of rotatable bonds is 11. The molecule has 0 unspecified atom stereocenters. The van der Waals surface area contributed by atoms with Crippen LogP contribution in [0.25, 0.3) is 10.8 Å². The van der Waals surface area contributed by atoms with Crippen molar-refractivity contribution in [3.05, 3.63) is 194 Å². The predicted octanol–water partition coefficient (Wildman–Crippen LogP) is 17.3. The van der Waals surface area contributed by atoms with Crippen LogP contribution in [-0.4, -0.2) is 12.1 Å². The number of nitrogens with one attached hydrogen (secondary N) is 1. The van der Waals surface area contributed by atoms with Crippen LogP contribution >= 0.6 is 0 Å². The topological polar surface area (TPSA) is 18.5 Å². The molecule has 3 nitrogen and oxygen atoms in total. The molecule has 0 amide bonds. The van der Waals surface area contributed by atoms with E-state index in [9.17, 15) is 0 Å². The van der Waals surface area contributed by atoms with Crippen LogP contribution in [0.5, 0.6) is 0 Å². The van der Waals surface area contributed by atoms with Crippen LogP contribution in [-0.2, 0) is 0 Å². The summed E-state index contributed by atoms with van der Waals surface area (Å²) in [4.78, 5) is 5.39. The fourth-order valence-electron chi connectivity index (χ4n) is 12.0. The lowest BCUT2D eigenvalue weighted by Gasteiger charge is -2.38. The normalized spacial score (nSPS) is 14.7. The zero-order valence-electron chi connectivity index (χ0n) is 40.7. The Morgan fingerprint density at radius 3 is 1.22 bits per heavy atom. The lowest BCUT2D eigenvalue weighted by Crippen LogP contribution is -2.34. The van der Waals surface area contributed by atoms with Crippen molar-refractivity contribution in [1.29, 1.82) is 0 Å². The van der Waals surface area contributed by atoms with E-state index in [2.05, 4.69) is 199 Å². The Bertz CT molecular complexity index is 2610. The van der Waals surface area contributed by atoms with E-state index in [-0.39, 0.29) is 0 Å². The Hall–Kier alpha value is -5.93. The summed E-state index contributed by atoms with van der Waals surface area (Å²) in [7, 11) is 0. The van der Waals surface area contributed by atoms with Crippen molar-refractivity contribution in [3.8, 4) is 0 Å². The van der Waals surface area contributed by atoms with Gasteiger partial charge in [-0.25, -0.2) is 0 Å². The molecule has 1 N–H and O–H groups in total. The van der Waals surface area contributed by atoms with Crippen molar-refractivity contribution in [2.75, 3.05) is 15.1 Å². The maximum Gasteiger partial charge on any atom is 0.0638 e. The highest BCUT2D eigenvalue weighted by atomic mass is 15.2. The average molecular weight is 857 g/mol. The first-order valence-corrected chi connectivity index (χ1v) is 24.6. The number of benzene rings is 7. The summed E-state index contributed by atoms with van der Waals surface area (Å²) in [5.41, 5.74) is 23.3. The molecule has 7 aromatic rings. The predicted molar refractivity (Wildman–Crippen MR) is 281 cm³/mol. The number of aryl methyl sites for hydroxylation is 9. The van der Waals surface area contributed by atoms with Gasteiger partial charge in [0.15, 0.2) is 0 Å². The average Bonchev–Trinajstić information content (AvgIpc) is 3.29. The van der Waals surface area contributed by atoms with Crippen LogP contribution in [0.2, 0.25) is 0 Å². The molecule has 9 rings (SSSR count). The molecule has 2 fully saturated rings. The van der Waals surface area contributed by atoms with Gasteiger partial charge < -0.3 is 15.1 Å². The summed E-state index contributed by atoms with van der Waals surface area (Å²) in [5, 5.41) is 6.36. The second-order valence-electron chi connectivity index (χ2n) is 19.9. The molecule has 0 spiro atoms. The van der Waals surface area contributed by atoms with E-state index in [1.807, 2.05) is 0 Å². The molecule has 0 radical (unpaired) electrons. The monoisotopic (exact) mass is 857 g/mol. The molecule has 2 aliphatic carbocycles. The van der Waals surface area contributed by atoms with Crippen LogP contribution in [0.4, 0.5) is 34.1 Å². The van der Waals surface area contributed by atoms with Gasteiger partial charge in [0.1, 0.15) is 0 Å². The first-order valence-electron chi connectivity index (χ1n) is 24.6. The van der Waals surface area contributed by atoms with E-state index < -0.39 is 0 Å². The molecular weight excluding hydrogens is 787 g/mol. The highest BCUT2D eigenvalue weighted by Gasteiger charge is 2.31. The minimum absolute atomic E-state index is 0.489. The quantitative estimate of drug-likeness (QED) is 0.103. The van der Waals surface area contributed by atoms with Crippen molar-refractivity contribution in [2.24, 2.45) is 0 Å². The Balaban J connectivity index is 1.18. The molecule has 65 heavy (non-hydrogen) atoms. The van der Waals surface area contributed by atoms with Crippen molar-refractivity contribution in [2.45, 2.75) is 139 Å². The molecule has 2 aliphatic rings. The Morgan fingerprint density at radius 2 is 0.800 bits per heavy atom. The third-order valence-electron chi connectivity index (χ3n) is 14.6. The fraction of sp³-hybridized carbons (Fsp3) is 0.339. The minimum Gasteiger partial charge on any atom is -0.354 e. The van der Waals surface area contributed by atoms with Gasteiger partial charge in [0, 0.05) is 39.9 Å². The molecule has 0 saturated heterocycles. The van der Waals surface area contributed by atoms with Gasteiger partial charge in [0.25, 0.3) is 0 Å². The molecule has 0 heterocycles. The van der Waals surface area contributed by atoms with E-state index in [0.29, 0.717) is 12.1 Å². The van der Waals surface area contributed by atoms with Crippen LogP contribution in [0.1, 0.15) is 131 Å². The molecule has 7 aromatic carbocycles. The van der Waals surface area contributed by atoms with Crippen molar-refractivity contribution >= 4 is 44.9 Å². The summed E-state index contributed by atoms with van der Waals surface area (Å²) in [5.74, 6) is 1.26. The summed E-state index contributed by atoms with van der Waals surface area (Å²) in [6.45, 7) is 20.3. The summed E-state index contributed by atoms with van der Waals surface area (Å²) in [6.07, 6.45) is 12.7. The van der Waals surface area contributed by atoms with E-state index in [1.54, 1.807) is 0 Å². The zero-order valence-corrected chi connectivity index (χ0v) is 40.7. The number of nitrogens with zero attached hydrogens (tertiary/aromatic N) is 2. The van der Waals surface area contributed by atoms with Gasteiger partial charge in [-0.15, -0.1) is 0 Å². The third-order valence-corrected chi connectivity index (χ3v) is 14.6. The van der Waals surface area contributed by atoms with Gasteiger partial charge in [0.2, 0.25) is 0 Å². The number of anilines is 6. The molecule has 332 valence electrons. The smallest absolute Gasteiger partial charge is 0.0638 e. The molecule has 2 saturated carbocycles. The van der Waals surface area contributed by atoms with Crippen LogP contribution in [0, 0.1) is 68.2 Å². The van der Waals surface area contributed by atoms with Crippen molar-refractivity contribution in [3.63, 3.8) is 0 Å². The molecule has 0 atom stereocenters. The molecule has 0 bridgehead atoms. The fourth-order valence-corrected chi connectivity index (χ4v) is 12.0. The number of fused-ring (bicyclic) bond motifs is 1. The largest absolute Gasteiger partial charge is 0.354 e. The number of hydrogen-bond donors (Lipinski definition) is 1. The first-order chi connectivity index (χ1) is 31.4. The van der Waals surface area contributed by atoms with Gasteiger partial charge in [-0.05, 0) is 194 Å². The third kappa shape index (κ3) is 9.04. The Kier molecular flexibility index (Phi) is 12.9. The van der Waals surface area contributed by atoms with Crippen LogP contribution < -0.4 is 15.1 Å². The first kappa shape index (κ1) is 44.3. The van der Waals surface area contributed by atoms with Gasteiger partial charge in [0.05, 0.1) is 39.7 Å². The highest BCUT2D eigenvalue weighted by molar-refractivity contribution is 6.00. The standard InChI is InChI=1S/C62H70N3/c1-40-34-43(4)60(44(5)35-40)63-58-33-32-57(55-22-16-17-23-56(55)58)59(49-24-28-53(29-25-49)64(51-18-12-10-13-19-51)61-45(6)36-41(2)37-46(61)7)50-26-30-54(31-27-50)65(52-20-14-11-15-21-52)62-47(8)38-42(3)39-48(62)9/h16-17,22-39,51-52,63H,10-15,18-21H2,1-9H3/q+1.